The van der Waals surface area contributed by atoms with Crippen molar-refractivity contribution >= 4 is 27.1 Å². The summed E-state index contributed by atoms with van der Waals surface area (Å²) in [6.07, 6.45) is 1.17. The number of amides is 1. The number of rotatable bonds is 7. The number of sulfone groups is 1. The Morgan fingerprint density at radius 3 is 2.33 bits per heavy atom. The Morgan fingerprint density at radius 2 is 1.74 bits per heavy atom. The molecule has 0 atom stereocenters. The van der Waals surface area contributed by atoms with Crippen molar-refractivity contribution in [3.63, 3.8) is 0 Å². The molecule has 1 amide bonds. The maximum atomic E-state index is 12.3. The largest absolute Gasteiger partial charge is 0.497 e. The number of carbonyl (C=O) groups excluding carboxylic acids is 1. The highest BCUT2D eigenvalue weighted by Gasteiger charge is 2.15. The van der Waals surface area contributed by atoms with Crippen LogP contribution in [0, 0.1) is 13.8 Å². The van der Waals surface area contributed by atoms with E-state index in [0.717, 1.165) is 5.56 Å². The van der Waals surface area contributed by atoms with Crippen LogP contribution in [0.1, 0.15) is 11.1 Å². The Morgan fingerprint density at radius 1 is 1.04 bits per heavy atom. The fourth-order valence-electron chi connectivity index (χ4n) is 2.67. The molecule has 0 bridgehead atoms. The van der Waals surface area contributed by atoms with Gasteiger partial charge in [0.2, 0.25) is 5.91 Å². The van der Waals surface area contributed by atoms with E-state index in [0.29, 0.717) is 28.4 Å². The van der Waals surface area contributed by atoms with Crippen LogP contribution >= 0.6 is 0 Å². The average molecular weight is 392 g/mol. The lowest BCUT2D eigenvalue weighted by Gasteiger charge is -2.15. The van der Waals surface area contributed by atoms with Gasteiger partial charge in [-0.05, 0) is 49.2 Å². The van der Waals surface area contributed by atoms with Crippen molar-refractivity contribution in [3.8, 4) is 11.5 Å². The fourth-order valence-corrected chi connectivity index (χ4v) is 3.73. The van der Waals surface area contributed by atoms with E-state index in [4.69, 9.17) is 9.47 Å². The number of nitrogens with one attached hydrogen (secondary N) is 2. The van der Waals surface area contributed by atoms with Crippen LogP contribution < -0.4 is 20.1 Å². The fraction of sp³-hybridized carbons (Fsp3) is 0.316. The van der Waals surface area contributed by atoms with Crippen LogP contribution in [0.4, 0.5) is 11.4 Å². The van der Waals surface area contributed by atoms with Crippen molar-refractivity contribution in [2.45, 2.75) is 18.7 Å². The maximum Gasteiger partial charge on any atom is 0.243 e. The number of methoxy groups -OCH3 is 2. The maximum absolute atomic E-state index is 12.3. The van der Waals surface area contributed by atoms with Gasteiger partial charge >= 0.3 is 0 Å². The summed E-state index contributed by atoms with van der Waals surface area (Å²) in [5, 5.41) is 5.77. The molecule has 2 rings (SSSR count). The van der Waals surface area contributed by atoms with E-state index in [1.54, 1.807) is 38.3 Å². The van der Waals surface area contributed by atoms with E-state index in [1.165, 1.54) is 13.4 Å². The highest BCUT2D eigenvalue weighted by Crippen LogP contribution is 2.29. The molecule has 0 spiro atoms. The highest BCUT2D eigenvalue weighted by molar-refractivity contribution is 7.90. The number of aryl methyl sites for hydroxylation is 1. The zero-order valence-electron chi connectivity index (χ0n) is 16.0. The predicted octanol–water partition coefficient (Wildman–Crippen LogP) is 2.77. The van der Waals surface area contributed by atoms with E-state index < -0.39 is 9.84 Å². The van der Waals surface area contributed by atoms with Crippen LogP contribution in [0.3, 0.4) is 0 Å². The molecule has 0 unspecified atom stereocenters. The van der Waals surface area contributed by atoms with Crippen LogP contribution in [0.2, 0.25) is 0 Å². The molecule has 0 aliphatic heterocycles. The third-order valence-corrected chi connectivity index (χ3v) is 5.25. The topological polar surface area (TPSA) is 93.7 Å². The molecule has 0 saturated carbocycles. The van der Waals surface area contributed by atoms with E-state index in [1.807, 2.05) is 13.0 Å². The average Bonchev–Trinajstić information content (AvgIpc) is 2.61. The Bertz CT molecular complexity index is 955. The first-order chi connectivity index (χ1) is 12.7. The third kappa shape index (κ3) is 5.13. The minimum atomic E-state index is -3.35. The Labute approximate surface area is 159 Å². The summed E-state index contributed by atoms with van der Waals surface area (Å²) < 4.78 is 34.2. The van der Waals surface area contributed by atoms with Crippen LogP contribution in [-0.4, -0.2) is 41.3 Å². The SMILES string of the molecule is COc1ccc(NC(=O)CNc2cc(C)cc(S(C)(=O)=O)c2C)c(OC)c1. The van der Waals surface area contributed by atoms with E-state index in [-0.39, 0.29) is 17.3 Å². The number of hydrogen-bond acceptors (Lipinski definition) is 6. The van der Waals surface area contributed by atoms with Gasteiger partial charge in [-0.3, -0.25) is 4.79 Å². The molecule has 0 radical (unpaired) electrons. The first-order valence-corrected chi connectivity index (χ1v) is 10.1. The molecule has 8 heteroatoms. The number of benzene rings is 2. The normalized spacial score (nSPS) is 11.0. The van der Waals surface area contributed by atoms with Crippen molar-refractivity contribution in [3.05, 3.63) is 41.5 Å². The van der Waals surface area contributed by atoms with Crippen molar-refractivity contribution in [2.75, 3.05) is 37.7 Å². The molecule has 0 aromatic heterocycles. The standard InChI is InChI=1S/C19H24N2O5S/c1-12-8-16(13(2)18(9-12)27(5,23)24)20-11-19(22)21-15-7-6-14(25-3)10-17(15)26-4/h6-10,20H,11H2,1-5H3,(H,21,22). The van der Waals surface area contributed by atoms with Gasteiger partial charge in [0, 0.05) is 18.0 Å². The summed E-state index contributed by atoms with van der Waals surface area (Å²) >= 11 is 0. The van der Waals surface area contributed by atoms with Gasteiger partial charge in [-0.25, -0.2) is 8.42 Å². The molecule has 27 heavy (non-hydrogen) atoms. The highest BCUT2D eigenvalue weighted by atomic mass is 32.2. The van der Waals surface area contributed by atoms with E-state index >= 15 is 0 Å². The number of hydrogen-bond donors (Lipinski definition) is 2. The summed E-state index contributed by atoms with van der Waals surface area (Å²) in [6.45, 7) is 3.49. The van der Waals surface area contributed by atoms with Gasteiger partial charge in [0.1, 0.15) is 11.5 Å². The van der Waals surface area contributed by atoms with E-state index in [2.05, 4.69) is 10.6 Å². The molecule has 0 saturated heterocycles. The molecule has 0 aliphatic carbocycles. The Kier molecular flexibility index (Phi) is 6.32. The number of anilines is 2. The first-order valence-electron chi connectivity index (χ1n) is 8.22. The summed E-state index contributed by atoms with van der Waals surface area (Å²) in [5.74, 6) is 0.806. The number of ether oxygens (including phenoxy) is 2. The summed E-state index contributed by atoms with van der Waals surface area (Å²) in [6, 6.07) is 8.51. The van der Waals surface area contributed by atoms with Crippen LogP contribution in [-0.2, 0) is 14.6 Å². The molecular formula is C19H24N2O5S. The predicted molar refractivity (Wildman–Crippen MR) is 106 cm³/mol. The van der Waals surface area contributed by atoms with Gasteiger partial charge in [0.15, 0.2) is 9.84 Å². The van der Waals surface area contributed by atoms with Crippen molar-refractivity contribution < 1.29 is 22.7 Å². The van der Waals surface area contributed by atoms with Gasteiger partial charge < -0.3 is 20.1 Å². The lowest BCUT2D eigenvalue weighted by Crippen LogP contribution is -2.22. The van der Waals surface area contributed by atoms with Crippen molar-refractivity contribution in [1.29, 1.82) is 0 Å². The quantitative estimate of drug-likeness (QED) is 0.753. The van der Waals surface area contributed by atoms with Crippen molar-refractivity contribution in [2.24, 2.45) is 0 Å². The van der Waals surface area contributed by atoms with E-state index in [9.17, 15) is 13.2 Å². The monoisotopic (exact) mass is 392 g/mol. The molecule has 0 fully saturated rings. The van der Waals surface area contributed by atoms with Gasteiger partial charge in [0.05, 0.1) is 31.3 Å². The molecule has 146 valence electrons. The lowest BCUT2D eigenvalue weighted by atomic mass is 10.1. The molecule has 0 heterocycles. The second kappa shape index (κ2) is 8.30. The van der Waals surface area contributed by atoms with Gasteiger partial charge in [-0.1, -0.05) is 0 Å². The minimum absolute atomic E-state index is 0.0251. The smallest absolute Gasteiger partial charge is 0.243 e. The lowest BCUT2D eigenvalue weighted by molar-refractivity contribution is -0.114. The van der Waals surface area contributed by atoms with Crippen LogP contribution in [0.25, 0.3) is 0 Å². The molecule has 2 N–H and O–H groups in total. The third-order valence-electron chi connectivity index (χ3n) is 4.03. The van der Waals surface area contributed by atoms with Gasteiger partial charge in [-0.15, -0.1) is 0 Å². The Hall–Kier alpha value is -2.74. The summed E-state index contributed by atoms with van der Waals surface area (Å²) in [4.78, 5) is 12.6. The molecule has 0 aliphatic rings. The summed E-state index contributed by atoms with van der Waals surface area (Å²) in [7, 11) is -0.297. The van der Waals surface area contributed by atoms with Gasteiger partial charge in [0.25, 0.3) is 0 Å². The number of carbonyl (C=O) groups is 1. The molecule has 2 aromatic carbocycles. The minimum Gasteiger partial charge on any atom is -0.497 e. The molecular weight excluding hydrogens is 368 g/mol. The van der Waals surface area contributed by atoms with Crippen LogP contribution in [0.5, 0.6) is 11.5 Å². The second-order valence-electron chi connectivity index (χ2n) is 6.18. The zero-order chi connectivity index (χ0) is 20.2. The zero-order valence-corrected chi connectivity index (χ0v) is 16.9. The molecule has 7 nitrogen and oxygen atoms in total. The first kappa shape index (κ1) is 20.6. The van der Waals surface area contributed by atoms with Crippen LogP contribution in [0.15, 0.2) is 35.2 Å². The summed E-state index contributed by atoms with van der Waals surface area (Å²) in [5.41, 5.74) is 2.49. The second-order valence-corrected chi connectivity index (χ2v) is 8.16. The Balaban J connectivity index is 2.14. The van der Waals surface area contributed by atoms with Gasteiger partial charge in [-0.2, -0.15) is 0 Å². The molecule has 2 aromatic rings. The van der Waals surface area contributed by atoms with Crippen molar-refractivity contribution in [1.82, 2.24) is 0 Å².